The molecule has 0 aliphatic carbocycles. The summed E-state index contributed by atoms with van der Waals surface area (Å²) in [5.74, 6) is 3.11. The van der Waals surface area contributed by atoms with Crippen molar-refractivity contribution < 1.29 is 9.47 Å². The maximum Gasteiger partial charge on any atom is 0.119 e. The molecule has 0 aliphatic rings. The normalized spacial score (nSPS) is 12.8. The van der Waals surface area contributed by atoms with Crippen LogP contribution in [0.1, 0.15) is 66.2 Å². The third kappa shape index (κ3) is 8.22. The third-order valence-electron chi connectivity index (χ3n) is 6.90. The second-order valence-corrected chi connectivity index (χ2v) is 12.7. The molecule has 0 aliphatic heterocycles. The Labute approximate surface area is 237 Å². The fourth-order valence-electron chi connectivity index (χ4n) is 4.43. The summed E-state index contributed by atoms with van der Waals surface area (Å²) in [4.78, 5) is 5.18. The van der Waals surface area contributed by atoms with Crippen LogP contribution in [-0.4, -0.2) is 13.2 Å². The molecule has 2 unspecified atom stereocenters. The van der Waals surface area contributed by atoms with Crippen LogP contribution in [-0.2, 0) is 0 Å². The molecule has 0 N–H and O–H groups in total. The predicted octanol–water partition coefficient (Wildman–Crippen LogP) is 11.2. The lowest BCUT2D eigenvalue weighted by atomic mass is 10.1. The number of ether oxygens (including phenoxy) is 2. The van der Waals surface area contributed by atoms with E-state index in [1.54, 1.807) is 0 Å². The molecule has 0 saturated heterocycles. The highest BCUT2D eigenvalue weighted by atomic mass is 32.1. The Bertz CT molecular complexity index is 1120. The molecule has 2 aromatic carbocycles. The van der Waals surface area contributed by atoms with Gasteiger partial charge in [-0.3, -0.25) is 0 Å². The standard InChI is InChI=1S/C34H42O2S2/c1-5-7-9-25(3)23-35-29-15-11-27(12-16-29)31-19-21-33(37-31)34-22-20-32(38-34)28-13-17-30(18-14-28)36-24-26(4)10-8-6-2/h11-22,25-26H,5-10,23-24H2,1-4H3. The van der Waals surface area contributed by atoms with Gasteiger partial charge < -0.3 is 9.47 Å². The quantitative estimate of drug-likeness (QED) is 0.148. The smallest absolute Gasteiger partial charge is 0.119 e. The molecule has 0 bridgehead atoms. The highest BCUT2D eigenvalue weighted by Crippen LogP contribution is 2.40. The van der Waals surface area contributed by atoms with Gasteiger partial charge in [0.1, 0.15) is 11.5 Å². The summed E-state index contributed by atoms with van der Waals surface area (Å²) in [5.41, 5.74) is 2.48. The van der Waals surface area contributed by atoms with E-state index in [-0.39, 0.29) is 0 Å². The van der Waals surface area contributed by atoms with Crippen LogP contribution in [0.2, 0.25) is 0 Å². The van der Waals surface area contributed by atoms with E-state index in [1.165, 1.54) is 69.2 Å². The first kappa shape index (κ1) is 28.4. The maximum absolute atomic E-state index is 6.02. The first-order chi connectivity index (χ1) is 18.6. The molecule has 4 rings (SSSR count). The number of hydrogen-bond acceptors (Lipinski definition) is 4. The van der Waals surface area contributed by atoms with E-state index in [4.69, 9.17) is 9.47 Å². The summed E-state index contributed by atoms with van der Waals surface area (Å²) in [7, 11) is 0. The van der Waals surface area contributed by atoms with Crippen molar-refractivity contribution in [2.75, 3.05) is 13.2 Å². The zero-order chi connectivity index (χ0) is 26.7. The second-order valence-electron chi connectivity index (χ2n) is 10.5. The van der Waals surface area contributed by atoms with E-state index < -0.39 is 0 Å². The van der Waals surface area contributed by atoms with Gasteiger partial charge in [0.15, 0.2) is 0 Å². The molecule has 2 atom stereocenters. The van der Waals surface area contributed by atoms with Crippen molar-refractivity contribution in [1.82, 2.24) is 0 Å². The fraction of sp³-hybridized carbons (Fsp3) is 0.412. The van der Waals surface area contributed by atoms with E-state index in [2.05, 4.69) is 100 Å². The van der Waals surface area contributed by atoms with E-state index in [9.17, 15) is 0 Å². The Morgan fingerprint density at radius 2 is 0.895 bits per heavy atom. The van der Waals surface area contributed by atoms with E-state index in [0.717, 1.165) is 24.7 Å². The summed E-state index contributed by atoms with van der Waals surface area (Å²) < 4.78 is 12.0. The average Bonchev–Trinajstić information content (AvgIpc) is 3.64. The first-order valence-corrected chi connectivity index (χ1v) is 15.9. The van der Waals surface area contributed by atoms with Crippen molar-refractivity contribution in [3.05, 3.63) is 72.8 Å². The molecule has 0 spiro atoms. The van der Waals surface area contributed by atoms with Crippen LogP contribution in [0, 0.1) is 11.8 Å². The van der Waals surface area contributed by atoms with Gasteiger partial charge in [-0.15, -0.1) is 22.7 Å². The summed E-state index contributed by atoms with van der Waals surface area (Å²) in [6.07, 6.45) is 7.50. The molecular weight excluding hydrogens is 505 g/mol. The van der Waals surface area contributed by atoms with Gasteiger partial charge in [-0.1, -0.05) is 53.4 Å². The molecule has 2 heterocycles. The Hall–Kier alpha value is -2.56. The number of benzene rings is 2. The summed E-state index contributed by atoms with van der Waals surface area (Å²) in [6.45, 7) is 10.6. The maximum atomic E-state index is 6.02. The number of unbranched alkanes of at least 4 members (excludes halogenated alkanes) is 2. The van der Waals surface area contributed by atoms with Crippen molar-refractivity contribution in [2.45, 2.75) is 66.2 Å². The van der Waals surface area contributed by atoms with Crippen LogP contribution >= 0.6 is 22.7 Å². The molecule has 202 valence electrons. The van der Waals surface area contributed by atoms with Gasteiger partial charge in [0.05, 0.1) is 13.2 Å². The molecule has 2 nitrogen and oxygen atoms in total. The van der Waals surface area contributed by atoms with Gasteiger partial charge >= 0.3 is 0 Å². The van der Waals surface area contributed by atoms with Gasteiger partial charge in [0.2, 0.25) is 0 Å². The fourth-order valence-corrected chi connectivity index (χ4v) is 6.54. The first-order valence-electron chi connectivity index (χ1n) is 14.2. The van der Waals surface area contributed by atoms with Crippen LogP contribution in [0.3, 0.4) is 0 Å². The molecule has 0 fully saturated rings. The van der Waals surface area contributed by atoms with Gasteiger partial charge in [-0.2, -0.15) is 0 Å². The molecule has 0 radical (unpaired) electrons. The minimum absolute atomic E-state index is 0.598. The third-order valence-corrected chi connectivity index (χ3v) is 9.37. The Balaban J connectivity index is 1.33. The monoisotopic (exact) mass is 546 g/mol. The summed E-state index contributed by atoms with van der Waals surface area (Å²) in [6, 6.07) is 26.1. The lowest BCUT2D eigenvalue weighted by Gasteiger charge is -2.12. The largest absolute Gasteiger partial charge is 0.493 e. The molecule has 4 heteroatoms. The highest BCUT2D eigenvalue weighted by molar-refractivity contribution is 7.25. The van der Waals surface area contributed by atoms with Crippen LogP contribution < -0.4 is 9.47 Å². The molecule has 0 amide bonds. The zero-order valence-electron chi connectivity index (χ0n) is 23.4. The molecule has 38 heavy (non-hydrogen) atoms. The topological polar surface area (TPSA) is 18.5 Å². The van der Waals surface area contributed by atoms with Crippen molar-refractivity contribution in [2.24, 2.45) is 11.8 Å². The molecule has 2 aromatic heterocycles. The lowest BCUT2D eigenvalue weighted by molar-refractivity contribution is 0.250. The van der Waals surface area contributed by atoms with E-state index in [0.29, 0.717) is 11.8 Å². The average molecular weight is 547 g/mol. The van der Waals surface area contributed by atoms with Crippen molar-refractivity contribution >= 4 is 22.7 Å². The van der Waals surface area contributed by atoms with Gasteiger partial charge in [-0.05, 0) is 109 Å². The zero-order valence-corrected chi connectivity index (χ0v) is 25.0. The van der Waals surface area contributed by atoms with Crippen molar-refractivity contribution in [3.63, 3.8) is 0 Å². The lowest BCUT2D eigenvalue weighted by Crippen LogP contribution is -2.08. The minimum Gasteiger partial charge on any atom is -0.493 e. The van der Waals surface area contributed by atoms with Crippen LogP contribution in [0.4, 0.5) is 0 Å². The van der Waals surface area contributed by atoms with Crippen molar-refractivity contribution in [3.8, 4) is 42.1 Å². The summed E-state index contributed by atoms with van der Waals surface area (Å²) >= 11 is 3.70. The minimum atomic E-state index is 0.598. The van der Waals surface area contributed by atoms with E-state index >= 15 is 0 Å². The number of rotatable bonds is 15. The van der Waals surface area contributed by atoms with Crippen molar-refractivity contribution in [1.29, 1.82) is 0 Å². The van der Waals surface area contributed by atoms with Crippen LogP contribution in [0.15, 0.2) is 72.8 Å². The molecule has 0 saturated carbocycles. The second kappa shape index (κ2) is 14.6. The van der Waals surface area contributed by atoms with Gasteiger partial charge in [0, 0.05) is 19.5 Å². The molecular formula is C34H42O2S2. The SMILES string of the molecule is CCCCC(C)COc1ccc(-c2ccc(-c3ccc(-c4ccc(OCC(C)CCCC)cc4)s3)s2)cc1. The Kier molecular flexibility index (Phi) is 10.9. The van der Waals surface area contributed by atoms with Gasteiger partial charge in [0.25, 0.3) is 0 Å². The number of thiophene rings is 2. The van der Waals surface area contributed by atoms with Crippen LogP contribution in [0.25, 0.3) is 30.6 Å². The van der Waals surface area contributed by atoms with Gasteiger partial charge in [-0.25, -0.2) is 0 Å². The summed E-state index contributed by atoms with van der Waals surface area (Å²) in [5, 5.41) is 0. The van der Waals surface area contributed by atoms with Crippen LogP contribution in [0.5, 0.6) is 11.5 Å². The molecule has 4 aromatic rings. The predicted molar refractivity (Wildman–Crippen MR) is 167 cm³/mol. The highest BCUT2D eigenvalue weighted by Gasteiger charge is 2.10. The number of hydrogen-bond donors (Lipinski definition) is 0. The Morgan fingerprint density at radius 3 is 1.26 bits per heavy atom. The van der Waals surface area contributed by atoms with E-state index in [1.807, 2.05) is 22.7 Å². The Morgan fingerprint density at radius 1 is 0.526 bits per heavy atom.